The van der Waals surface area contributed by atoms with E-state index in [1.807, 2.05) is 18.5 Å². The van der Waals surface area contributed by atoms with Crippen molar-refractivity contribution in [2.45, 2.75) is 40.3 Å². The first kappa shape index (κ1) is 21.4. The van der Waals surface area contributed by atoms with E-state index < -0.39 is 6.10 Å². The molecule has 164 valence electrons. The summed E-state index contributed by atoms with van der Waals surface area (Å²) in [5, 5.41) is 10.2. The average molecular weight is 431 g/mol. The Bertz CT molecular complexity index is 1210. The molecular weight excluding hydrogens is 404 g/mol. The molecule has 0 saturated heterocycles. The number of ether oxygens (including phenoxy) is 1. The zero-order valence-electron chi connectivity index (χ0n) is 18.6. The van der Waals surface area contributed by atoms with Crippen molar-refractivity contribution >= 4 is 29.3 Å². The maximum Gasteiger partial charge on any atom is 0.265 e. The molecule has 7 nitrogen and oxygen atoms in total. The molecule has 0 aliphatic carbocycles. The fourth-order valence-corrected chi connectivity index (χ4v) is 3.60. The van der Waals surface area contributed by atoms with Crippen LogP contribution in [0.4, 0.5) is 11.4 Å². The minimum atomic E-state index is -0.538. The largest absolute Gasteiger partial charge is 0.479 e. The summed E-state index contributed by atoms with van der Waals surface area (Å²) in [5.74, 6) is 0.0961. The molecular formula is C25H26N4O3. The van der Waals surface area contributed by atoms with Crippen molar-refractivity contribution in [1.82, 2.24) is 9.78 Å². The van der Waals surface area contributed by atoms with E-state index in [9.17, 15) is 9.59 Å². The van der Waals surface area contributed by atoms with E-state index in [4.69, 9.17) is 4.74 Å². The van der Waals surface area contributed by atoms with Gasteiger partial charge in [0.1, 0.15) is 5.75 Å². The Balaban J connectivity index is 1.45. The number of aromatic nitrogens is 2. The van der Waals surface area contributed by atoms with Gasteiger partial charge in [0, 0.05) is 23.0 Å². The van der Waals surface area contributed by atoms with Crippen LogP contribution in [0.1, 0.15) is 35.0 Å². The van der Waals surface area contributed by atoms with E-state index >= 15 is 0 Å². The number of amides is 2. The van der Waals surface area contributed by atoms with Gasteiger partial charge in [0.05, 0.1) is 17.9 Å². The Kier molecular flexibility index (Phi) is 5.81. The van der Waals surface area contributed by atoms with Gasteiger partial charge in [0.2, 0.25) is 5.91 Å². The second-order valence-electron chi connectivity index (χ2n) is 8.01. The number of hydrogen-bond donors (Lipinski definition) is 2. The van der Waals surface area contributed by atoms with Crippen molar-refractivity contribution in [1.29, 1.82) is 0 Å². The number of aryl methyl sites for hydroxylation is 2. The smallest absolute Gasteiger partial charge is 0.265 e. The number of rotatable bonds is 5. The minimum Gasteiger partial charge on any atom is -0.479 e. The lowest BCUT2D eigenvalue weighted by atomic mass is 10.1. The molecule has 3 aromatic rings. The summed E-state index contributed by atoms with van der Waals surface area (Å²) < 4.78 is 7.49. The topological polar surface area (TPSA) is 85.3 Å². The van der Waals surface area contributed by atoms with Crippen LogP contribution in [-0.4, -0.2) is 27.7 Å². The highest BCUT2D eigenvalue weighted by molar-refractivity contribution is 6.03. The average Bonchev–Trinajstić information content (AvgIpc) is 3.01. The second kappa shape index (κ2) is 8.70. The Labute approximate surface area is 187 Å². The maximum absolute atomic E-state index is 12.5. The number of carbonyl (C=O) groups excluding carboxylic acids is 2. The second-order valence-corrected chi connectivity index (χ2v) is 8.01. The molecule has 7 heteroatoms. The predicted molar refractivity (Wildman–Crippen MR) is 125 cm³/mol. The third-order valence-corrected chi connectivity index (χ3v) is 5.47. The normalized spacial score (nSPS) is 15.2. The third-order valence-electron chi connectivity index (χ3n) is 5.47. The SMILES string of the molecule is Cc1ccc(Cn2nc(C)c(/C=C/C(=O)Nc3ccc4c(c3)NC(=O)C(C)O4)c2C)cc1. The summed E-state index contributed by atoms with van der Waals surface area (Å²) in [7, 11) is 0. The number of hydrogen-bond acceptors (Lipinski definition) is 4. The first-order valence-corrected chi connectivity index (χ1v) is 10.5. The van der Waals surface area contributed by atoms with Crippen LogP contribution in [0.5, 0.6) is 5.75 Å². The van der Waals surface area contributed by atoms with Gasteiger partial charge in [-0.25, -0.2) is 0 Å². The number of anilines is 2. The summed E-state index contributed by atoms with van der Waals surface area (Å²) in [6.45, 7) is 8.36. The molecule has 0 saturated carbocycles. The van der Waals surface area contributed by atoms with Crippen molar-refractivity contribution in [3.05, 3.63) is 76.6 Å². The van der Waals surface area contributed by atoms with Crippen LogP contribution >= 0.6 is 0 Å². The Hall–Kier alpha value is -3.87. The van der Waals surface area contributed by atoms with Crippen LogP contribution in [0.15, 0.2) is 48.5 Å². The van der Waals surface area contributed by atoms with Crippen molar-refractivity contribution in [3.63, 3.8) is 0 Å². The van der Waals surface area contributed by atoms with E-state index in [2.05, 4.69) is 46.9 Å². The lowest BCUT2D eigenvalue weighted by Crippen LogP contribution is -2.34. The molecule has 1 unspecified atom stereocenters. The van der Waals surface area contributed by atoms with Gasteiger partial charge in [-0.1, -0.05) is 29.8 Å². The predicted octanol–water partition coefficient (Wildman–Crippen LogP) is 4.23. The van der Waals surface area contributed by atoms with Crippen LogP contribution in [0.3, 0.4) is 0 Å². The summed E-state index contributed by atoms with van der Waals surface area (Å²) in [5.41, 5.74) is 6.29. The first-order valence-electron chi connectivity index (χ1n) is 10.5. The van der Waals surface area contributed by atoms with Gasteiger partial charge >= 0.3 is 0 Å². The number of benzene rings is 2. The molecule has 4 rings (SSSR count). The fraction of sp³-hybridized carbons (Fsp3) is 0.240. The van der Waals surface area contributed by atoms with E-state index in [0.717, 1.165) is 17.0 Å². The van der Waals surface area contributed by atoms with E-state index in [1.165, 1.54) is 17.2 Å². The summed E-state index contributed by atoms with van der Waals surface area (Å²) in [4.78, 5) is 24.3. The van der Waals surface area contributed by atoms with Crippen LogP contribution in [0.25, 0.3) is 6.08 Å². The molecule has 0 fully saturated rings. The number of nitrogens with zero attached hydrogens (tertiary/aromatic N) is 2. The Morgan fingerprint density at radius 3 is 2.69 bits per heavy atom. The lowest BCUT2D eigenvalue weighted by Gasteiger charge is -2.23. The van der Waals surface area contributed by atoms with Crippen molar-refractivity contribution in [3.8, 4) is 5.75 Å². The van der Waals surface area contributed by atoms with Crippen LogP contribution in [0, 0.1) is 20.8 Å². The van der Waals surface area contributed by atoms with Crippen LogP contribution < -0.4 is 15.4 Å². The molecule has 0 radical (unpaired) electrons. The molecule has 1 aromatic heterocycles. The zero-order valence-corrected chi connectivity index (χ0v) is 18.6. The molecule has 2 aromatic carbocycles. The standard InChI is InChI=1S/C25H26N4O3/c1-15-5-7-19(8-6-15)14-29-17(3)21(16(2)28-29)10-12-24(30)26-20-9-11-23-22(13-20)27-25(31)18(4)32-23/h5-13,18H,14H2,1-4H3,(H,26,30)(H,27,31)/b12-10+. The molecule has 0 bridgehead atoms. The fourth-order valence-electron chi connectivity index (χ4n) is 3.60. The van der Waals surface area contributed by atoms with Gasteiger partial charge in [-0.05, 0) is 57.5 Å². The van der Waals surface area contributed by atoms with E-state index in [1.54, 1.807) is 31.2 Å². The van der Waals surface area contributed by atoms with Gasteiger partial charge in [-0.15, -0.1) is 0 Å². The van der Waals surface area contributed by atoms with E-state index in [-0.39, 0.29) is 11.8 Å². The molecule has 1 aliphatic heterocycles. The van der Waals surface area contributed by atoms with Gasteiger partial charge < -0.3 is 15.4 Å². The van der Waals surface area contributed by atoms with Crippen molar-refractivity contribution < 1.29 is 14.3 Å². The maximum atomic E-state index is 12.5. The first-order chi connectivity index (χ1) is 15.3. The minimum absolute atomic E-state index is 0.213. The molecule has 2 N–H and O–H groups in total. The molecule has 2 heterocycles. The monoisotopic (exact) mass is 430 g/mol. The van der Waals surface area contributed by atoms with Gasteiger partial charge in [-0.3, -0.25) is 14.3 Å². The Morgan fingerprint density at radius 2 is 1.94 bits per heavy atom. The number of carbonyl (C=O) groups is 2. The molecule has 32 heavy (non-hydrogen) atoms. The van der Waals surface area contributed by atoms with Crippen molar-refractivity contribution in [2.24, 2.45) is 0 Å². The summed E-state index contributed by atoms with van der Waals surface area (Å²) >= 11 is 0. The molecule has 0 spiro atoms. The van der Waals surface area contributed by atoms with Crippen LogP contribution in [0.2, 0.25) is 0 Å². The lowest BCUT2D eigenvalue weighted by molar-refractivity contribution is -0.122. The number of nitrogens with one attached hydrogen (secondary N) is 2. The van der Waals surface area contributed by atoms with Crippen LogP contribution in [-0.2, 0) is 16.1 Å². The highest BCUT2D eigenvalue weighted by atomic mass is 16.5. The molecule has 1 atom stereocenters. The van der Waals surface area contributed by atoms with Gasteiger partial charge in [0.15, 0.2) is 6.10 Å². The quantitative estimate of drug-likeness (QED) is 0.594. The van der Waals surface area contributed by atoms with E-state index in [0.29, 0.717) is 23.7 Å². The highest BCUT2D eigenvalue weighted by Gasteiger charge is 2.23. The zero-order chi connectivity index (χ0) is 22.8. The molecule has 1 aliphatic rings. The number of fused-ring (bicyclic) bond motifs is 1. The van der Waals surface area contributed by atoms with Gasteiger partial charge in [0.25, 0.3) is 5.91 Å². The Morgan fingerprint density at radius 1 is 1.19 bits per heavy atom. The van der Waals surface area contributed by atoms with Crippen molar-refractivity contribution in [2.75, 3.05) is 10.6 Å². The third kappa shape index (κ3) is 4.56. The summed E-state index contributed by atoms with van der Waals surface area (Å²) in [6, 6.07) is 13.5. The van der Waals surface area contributed by atoms with Gasteiger partial charge in [-0.2, -0.15) is 5.10 Å². The summed E-state index contributed by atoms with van der Waals surface area (Å²) in [6.07, 6.45) is 2.73. The molecule has 2 amide bonds. The highest BCUT2D eigenvalue weighted by Crippen LogP contribution is 2.32.